The quantitative estimate of drug-likeness (QED) is 0.604. The van der Waals surface area contributed by atoms with E-state index in [-0.39, 0.29) is 18.7 Å². The molecule has 0 spiro atoms. The van der Waals surface area contributed by atoms with Crippen LogP contribution >= 0.6 is 33.9 Å². The number of aryl methyl sites for hydroxylation is 1. The summed E-state index contributed by atoms with van der Waals surface area (Å²) >= 11 is 3.31. The highest BCUT2D eigenvalue weighted by atomic mass is 127. The fourth-order valence-corrected chi connectivity index (χ4v) is 2.44. The Morgan fingerprint density at radius 3 is 3.10 bits per heavy atom. The van der Waals surface area contributed by atoms with Crippen molar-refractivity contribution in [3.05, 3.63) is 37.4 Å². The van der Waals surface area contributed by atoms with Crippen molar-refractivity contribution < 1.29 is 10.5 Å². The van der Waals surface area contributed by atoms with Crippen molar-refractivity contribution in [2.75, 3.05) is 0 Å². The van der Waals surface area contributed by atoms with E-state index in [1.807, 2.05) is 0 Å². The molecule has 20 heavy (non-hydrogen) atoms. The van der Waals surface area contributed by atoms with Crippen molar-refractivity contribution in [1.82, 2.24) is 24.8 Å². The predicted octanol–water partition coefficient (Wildman–Crippen LogP) is 1.20. The van der Waals surface area contributed by atoms with Crippen LogP contribution in [0, 0.1) is 3.57 Å². The van der Waals surface area contributed by atoms with Crippen molar-refractivity contribution in [2.45, 2.75) is 6.61 Å². The van der Waals surface area contributed by atoms with Crippen molar-refractivity contribution >= 4 is 33.9 Å². The monoisotopic (exact) mass is 407 g/mol. The van der Waals surface area contributed by atoms with E-state index in [9.17, 15) is 4.79 Å². The lowest BCUT2D eigenvalue weighted by Crippen LogP contribution is -2.22. The maximum atomic E-state index is 11.9. The summed E-state index contributed by atoms with van der Waals surface area (Å²) in [7, 11) is 1.50. The van der Waals surface area contributed by atoms with Gasteiger partial charge in [0.1, 0.15) is 12.9 Å². The summed E-state index contributed by atoms with van der Waals surface area (Å²) < 4.78 is 21.2. The molecule has 0 saturated heterocycles. The molecule has 0 aromatic carbocycles. The van der Waals surface area contributed by atoms with Gasteiger partial charge in [0, 0.05) is 18.6 Å². The average Bonchev–Trinajstić information content (AvgIpc) is 3.11. The van der Waals surface area contributed by atoms with E-state index in [1.54, 1.807) is 5.38 Å². The van der Waals surface area contributed by atoms with Crippen LogP contribution in [0.3, 0.4) is 0 Å². The molecule has 8 nitrogen and oxygen atoms in total. The van der Waals surface area contributed by atoms with Gasteiger partial charge in [0.2, 0.25) is 5.88 Å². The van der Waals surface area contributed by atoms with Crippen molar-refractivity contribution in [1.29, 1.82) is 0 Å². The van der Waals surface area contributed by atoms with Gasteiger partial charge in [-0.3, -0.25) is 0 Å². The SMILES string of the molecule is [3H]c1csc(OCc2c(I)coc2-n2nnn(C)c2=O)n1. The number of hydrogen-bond acceptors (Lipinski definition) is 7. The summed E-state index contributed by atoms with van der Waals surface area (Å²) in [6.07, 6.45) is 1.66. The lowest BCUT2D eigenvalue weighted by molar-refractivity contribution is 0.301. The van der Waals surface area contributed by atoms with Crippen LogP contribution in [0.4, 0.5) is 0 Å². The highest BCUT2D eigenvalue weighted by Gasteiger charge is 2.19. The number of tetrazole rings is 1. The number of aromatic nitrogens is 5. The minimum absolute atomic E-state index is 0.153. The van der Waals surface area contributed by atoms with Crippen molar-refractivity contribution in [2.24, 2.45) is 7.05 Å². The maximum Gasteiger partial charge on any atom is 0.370 e. The number of halogens is 1. The van der Waals surface area contributed by atoms with Gasteiger partial charge in [-0.05, 0) is 33.0 Å². The van der Waals surface area contributed by atoms with Crippen LogP contribution in [-0.2, 0) is 13.7 Å². The van der Waals surface area contributed by atoms with Crippen molar-refractivity contribution in [3.63, 3.8) is 0 Å². The van der Waals surface area contributed by atoms with Gasteiger partial charge in [-0.25, -0.2) is 9.78 Å². The van der Waals surface area contributed by atoms with Gasteiger partial charge < -0.3 is 9.15 Å². The van der Waals surface area contributed by atoms with E-state index < -0.39 is 5.69 Å². The molecule has 0 bridgehead atoms. The summed E-state index contributed by atoms with van der Waals surface area (Å²) in [5.74, 6) is 0.264. The molecule has 0 aliphatic rings. The Kier molecular flexibility index (Phi) is 3.24. The molecule has 0 aliphatic heterocycles. The zero-order valence-corrected chi connectivity index (χ0v) is 13.1. The van der Waals surface area contributed by atoms with Crippen LogP contribution in [0.25, 0.3) is 5.88 Å². The molecule has 0 radical (unpaired) electrons. The van der Waals surface area contributed by atoms with Crippen LogP contribution in [0.15, 0.2) is 27.0 Å². The number of furan rings is 1. The Morgan fingerprint density at radius 2 is 2.45 bits per heavy atom. The lowest BCUT2D eigenvalue weighted by atomic mass is 10.3. The van der Waals surface area contributed by atoms with Gasteiger partial charge in [-0.15, -0.1) is 4.68 Å². The van der Waals surface area contributed by atoms with E-state index >= 15 is 0 Å². The van der Waals surface area contributed by atoms with E-state index in [1.165, 1.54) is 24.6 Å². The Balaban J connectivity index is 1.90. The summed E-state index contributed by atoms with van der Waals surface area (Å²) in [6, 6.07) is 0. The Labute approximate surface area is 131 Å². The van der Waals surface area contributed by atoms with Crippen LogP contribution in [0.2, 0.25) is 0 Å². The first-order valence-electron chi connectivity index (χ1n) is 5.86. The Bertz CT molecular complexity index is 838. The molecule has 3 rings (SSSR count). The number of ether oxygens (including phenoxy) is 1. The molecule has 0 amide bonds. The molecule has 0 atom stereocenters. The normalized spacial score (nSPS) is 11.6. The third kappa shape index (κ3) is 2.35. The van der Waals surface area contributed by atoms with E-state index in [0.717, 1.165) is 12.9 Å². The zero-order chi connectivity index (χ0) is 15.0. The van der Waals surface area contributed by atoms with Gasteiger partial charge in [0.25, 0.3) is 5.19 Å². The highest BCUT2D eigenvalue weighted by molar-refractivity contribution is 14.1. The summed E-state index contributed by atoms with van der Waals surface area (Å²) in [5.41, 5.74) is 0.254. The summed E-state index contributed by atoms with van der Waals surface area (Å²) in [5, 5.41) is 9.34. The molecule has 0 N–H and O–H groups in total. The molecule has 0 fully saturated rings. The third-order valence-electron chi connectivity index (χ3n) is 2.44. The van der Waals surface area contributed by atoms with Gasteiger partial charge in [0.15, 0.2) is 0 Å². The van der Waals surface area contributed by atoms with Crippen LogP contribution < -0.4 is 10.4 Å². The fourth-order valence-electron chi connectivity index (χ4n) is 1.48. The minimum Gasteiger partial charge on any atom is -0.465 e. The topological polar surface area (TPSA) is 88.0 Å². The first-order chi connectivity index (χ1) is 10.1. The highest BCUT2D eigenvalue weighted by Crippen LogP contribution is 2.24. The van der Waals surface area contributed by atoms with Gasteiger partial charge in [-0.2, -0.15) is 4.68 Å². The molecule has 0 unspecified atom stereocenters. The molecule has 0 saturated carbocycles. The van der Waals surface area contributed by atoms with E-state index in [4.69, 9.17) is 10.5 Å². The number of rotatable bonds is 4. The second-order valence-corrected chi connectivity index (χ2v) is 5.68. The smallest absolute Gasteiger partial charge is 0.370 e. The first kappa shape index (κ1) is 12.1. The van der Waals surface area contributed by atoms with Crippen LogP contribution in [0.1, 0.15) is 6.93 Å². The number of hydrogen-bond donors (Lipinski definition) is 0. The van der Waals surface area contributed by atoms with E-state index in [0.29, 0.717) is 10.8 Å². The van der Waals surface area contributed by atoms with Gasteiger partial charge in [0.05, 0.1) is 10.5 Å². The van der Waals surface area contributed by atoms with Crippen molar-refractivity contribution in [3.8, 4) is 11.1 Å². The molecular weight excluding hydrogens is 397 g/mol. The molecule has 3 heterocycles. The molecule has 104 valence electrons. The molecule has 10 heteroatoms. The van der Waals surface area contributed by atoms with Gasteiger partial charge in [-0.1, -0.05) is 11.3 Å². The lowest BCUT2D eigenvalue weighted by Gasteiger charge is -2.02. The summed E-state index contributed by atoms with van der Waals surface area (Å²) in [6.45, 7) is 0.153. The maximum absolute atomic E-state index is 11.9. The molecule has 3 aromatic heterocycles. The third-order valence-corrected chi connectivity index (χ3v) is 3.98. The average molecular weight is 407 g/mol. The Morgan fingerprint density at radius 1 is 1.60 bits per heavy atom. The second kappa shape index (κ2) is 5.36. The molecular formula is C10H8IN5O3S. The predicted molar refractivity (Wildman–Crippen MR) is 78.0 cm³/mol. The minimum atomic E-state index is -0.412. The molecule has 3 aromatic rings. The van der Waals surface area contributed by atoms with Gasteiger partial charge >= 0.3 is 5.69 Å². The number of nitrogens with zero attached hydrogens (tertiary/aromatic N) is 5. The van der Waals surface area contributed by atoms with E-state index in [2.05, 4.69) is 38.0 Å². The largest absolute Gasteiger partial charge is 0.465 e. The zero-order valence-electron chi connectivity index (χ0n) is 11.1. The molecule has 0 aliphatic carbocycles. The van der Waals surface area contributed by atoms with Crippen LogP contribution in [0.5, 0.6) is 5.19 Å². The number of thiazole rings is 1. The Hall–Kier alpha value is -1.69. The second-order valence-electron chi connectivity index (χ2n) is 3.70. The first-order valence-corrected chi connectivity index (χ1v) is 7.32. The fraction of sp³-hybridized carbons (Fsp3) is 0.200. The van der Waals surface area contributed by atoms with Crippen LogP contribution in [-0.4, -0.2) is 24.8 Å². The standard InChI is InChI=1S/C10H8IN5O3S/c1-15-10(17)16(14-13-15)8-6(7(11)5-18-8)4-19-9-12-2-3-20-9/h2-3,5H,4H2,1H3/i2T. The summed E-state index contributed by atoms with van der Waals surface area (Å²) in [4.78, 5) is 15.8.